The topological polar surface area (TPSA) is 41.1 Å². The zero-order chi connectivity index (χ0) is 15.3. The maximum Gasteiger partial charge on any atom is 0.446 e. The van der Waals surface area contributed by atoms with E-state index in [0.29, 0.717) is 18.0 Å². The summed E-state index contributed by atoms with van der Waals surface area (Å²) in [4.78, 5) is 12.0. The Kier molecular flexibility index (Phi) is 5.52. The number of hydrogen-bond acceptors (Lipinski definition) is 3. The van der Waals surface area contributed by atoms with Crippen molar-refractivity contribution >= 4 is 17.7 Å². The fourth-order valence-electron chi connectivity index (χ4n) is 2.25. The Balaban J connectivity index is 1.84. The largest absolute Gasteiger partial charge is 0.446 e. The molecule has 1 aliphatic rings. The molecule has 1 aliphatic heterocycles. The smallest absolute Gasteiger partial charge is 0.352 e. The van der Waals surface area contributed by atoms with Gasteiger partial charge in [0.2, 0.25) is 0 Å². The number of carbonyl (C=O) groups excluding carboxylic acids is 1. The molecule has 1 unspecified atom stereocenters. The highest BCUT2D eigenvalue weighted by Gasteiger charge is 2.29. The Bertz CT molecular complexity index is 470. The number of halogens is 3. The Hall–Kier alpha value is -1.21. The highest BCUT2D eigenvalue weighted by molar-refractivity contribution is 8.00. The number of hydrogen-bond donors (Lipinski definition) is 2. The number of benzene rings is 1. The van der Waals surface area contributed by atoms with E-state index in [1.54, 1.807) is 0 Å². The molecule has 21 heavy (non-hydrogen) atoms. The van der Waals surface area contributed by atoms with Crippen molar-refractivity contribution in [3.05, 3.63) is 29.8 Å². The van der Waals surface area contributed by atoms with Gasteiger partial charge in [0.15, 0.2) is 0 Å². The number of nitrogens with one attached hydrogen (secondary N) is 2. The van der Waals surface area contributed by atoms with Crippen LogP contribution < -0.4 is 10.6 Å². The molecule has 0 spiro atoms. The van der Waals surface area contributed by atoms with Gasteiger partial charge < -0.3 is 10.6 Å². The van der Waals surface area contributed by atoms with Crippen LogP contribution >= 0.6 is 11.8 Å². The molecule has 116 valence electrons. The molecule has 1 fully saturated rings. The van der Waals surface area contributed by atoms with Crippen LogP contribution in [0.5, 0.6) is 0 Å². The standard InChI is InChI=1S/C14H17F3N2OS/c15-14(16,17)21-12-5-3-11(4-6-12)13(20)19-9-10-2-1-7-18-8-10/h3-6,10,18H,1-2,7-9H2,(H,19,20). The van der Waals surface area contributed by atoms with Gasteiger partial charge in [-0.1, -0.05) is 0 Å². The monoisotopic (exact) mass is 318 g/mol. The third kappa shape index (κ3) is 5.59. The van der Waals surface area contributed by atoms with Gasteiger partial charge >= 0.3 is 5.51 Å². The molecule has 7 heteroatoms. The first-order valence-corrected chi connectivity index (χ1v) is 7.60. The summed E-state index contributed by atoms with van der Waals surface area (Å²) in [5, 5.41) is 6.10. The molecule has 0 saturated carbocycles. The fourth-order valence-corrected chi connectivity index (χ4v) is 2.78. The molecule has 0 radical (unpaired) electrons. The maximum absolute atomic E-state index is 12.2. The van der Waals surface area contributed by atoms with Crippen LogP contribution in [-0.2, 0) is 0 Å². The van der Waals surface area contributed by atoms with Crippen LogP contribution in [0.1, 0.15) is 23.2 Å². The summed E-state index contributed by atoms with van der Waals surface area (Å²) in [5.41, 5.74) is -3.93. The molecule has 3 nitrogen and oxygen atoms in total. The highest BCUT2D eigenvalue weighted by atomic mass is 32.2. The minimum absolute atomic E-state index is 0.0792. The molecule has 1 heterocycles. The Labute approximate surface area is 125 Å². The number of amides is 1. The van der Waals surface area contributed by atoms with Gasteiger partial charge in [-0.2, -0.15) is 13.2 Å². The lowest BCUT2D eigenvalue weighted by atomic mass is 10.00. The van der Waals surface area contributed by atoms with Gasteiger partial charge in [-0.05, 0) is 67.9 Å². The molecule has 2 rings (SSSR count). The second kappa shape index (κ2) is 7.17. The molecule has 0 aliphatic carbocycles. The summed E-state index contributed by atoms with van der Waals surface area (Å²) in [7, 11) is 0. The predicted molar refractivity (Wildman–Crippen MR) is 76.3 cm³/mol. The lowest BCUT2D eigenvalue weighted by Crippen LogP contribution is -2.38. The molecule has 1 saturated heterocycles. The first-order chi connectivity index (χ1) is 9.94. The van der Waals surface area contributed by atoms with Gasteiger partial charge in [0.05, 0.1) is 0 Å². The normalized spacial score (nSPS) is 19.3. The van der Waals surface area contributed by atoms with E-state index < -0.39 is 5.51 Å². The van der Waals surface area contributed by atoms with Crippen LogP contribution in [0.2, 0.25) is 0 Å². The zero-order valence-corrected chi connectivity index (χ0v) is 12.2. The Morgan fingerprint density at radius 3 is 2.62 bits per heavy atom. The molecular weight excluding hydrogens is 301 g/mol. The van der Waals surface area contributed by atoms with Crippen LogP contribution in [0.15, 0.2) is 29.2 Å². The summed E-state index contributed by atoms with van der Waals surface area (Å²) in [6.07, 6.45) is 2.18. The zero-order valence-electron chi connectivity index (χ0n) is 11.4. The maximum atomic E-state index is 12.2. The summed E-state index contributed by atoms with van der Waals surface area (Å²) >= 11 is -0.183. The van der Waals surface area contributed by atoms with E-state index in [2.05, 4.69) is 10.6 Å². The number of thioether (sulfide) groups is 1. The summed E-state index contributed by atoms with van der Waals surface area (Å²) in [5.74, 6) is 0.173. The average Bonchev–Trinajstić information content (AvgIpc) is 2.45. The van der Waals surface area contributed by atoms with Crippen LogP contribution in [0, 0.1) is 5.92 Å². The minimum Gasteiger partial charge on any atom is -0.352 e. The number of carbonyl (C=O) groups is 1. The predicted octanol–water partition coefficient (Wildman–Crippen LogP) is 3.03. The Morgan fingerprint density at radius 1 is 1.33 bits per heavy atom. The summed E-state index contributed by atoms with van der Waals surface area (Å²) in [6, 6.07) is 5.47. The van der Waals surface area contributed by atoms with E-state index in [0.717, 1.165) is 25.9 Å². The molecular formula is C14H17F3N2OS. The lowest BCUT2D eigenvalue weighted by Gasteiger charge is -2.22. The van der Waals surface area contributed by atoms with Gasteiger partial charge in [0.1, 0.15) is 0 Å². The van der Waals surface area contributed by atoms with E-state index in [4.69, 9.17) is 0 Å². The van der Waals surface area contributed by atoms with Crippen molar-refractivity contribution in [2.24, 2.45) is 5.92 Å². The van der Waals surface area contributed by atoms with Crippen molar-refractivity contribution in [2.75, 3.05) is 19.6 Å². The Morgan fingerprint density at radius 2 is 2.05 bits per heavy atom. The summed E-state index contributed by atoms with van der Waals surface area (Å²) in [6.45, 7) is 2.50. The van der Waals surface area contributed by atoms with Crippen LogP contribution in [-0.4, -0.2) is 31.0 Å². The third-order valence-corrected chi connectivity index (χ3v) is 4.04. The molecule has 0 aromatic heterocycles. The second-order valence-corrected chi connectivity index (χ2v) is 6.13. The molecule has 1 aromatic rings. The van der Waals surface area contributed by atoms with Gasteiger partial charge in [-0.3, -0.25) is 4.79 Å². The van der Waals surface area contributed by atoms with E-state index in [1.807, 2.05) is 0 Å². The van der Waals surface area contributed by atoms with Crippen molar-refractivity contribution in [1.29, 1.82) is 0 Å². The number of rotatable bonds is 4. The van der Waals surface area contributed by atoms with Crippen LogP contribution in [0.3, 0.4) is 0 Å². The van der Waals surface area contributed by atoms with E-state index >= 15 is 0 Å². The third-order valence-electron chi connectivity index (χ3n) is 3.30. The van der Waals surface area contributed by atoms with Gasteiger partial charge in [-0.25, -0.2) is 0 Å². The first kappa shape index (κ1) is 16.2. The van der Waals surface area contributed by atoms with Gasteiger partial charge in [0, 0.05) is 17.0 Å². The number of alkyl halides is 3. The van der Waals surface area contributed by atoms with Crippen LogP contribution in [0.25, 0.3) is 0 Å². The molecule has 2 N–H and O–H groups in total. The molecule has 1 aromatic carbocycles. The SMILES string of the molecule is O=C(NCC1CCCNC1)c1ccc(SC(F)(F)F)cc1. The average molecular weight is 318 g/mol. The fraction of sp³-hybridized carbons (Fsp3) is 0.500. The van der Waals surface area contributed by atoms with E-state index in [9.17, 15) is 18.0 Å². The van der Waals surface area contributed by atoms with Crippen molar-refractivity contribution in [2.45, 2.75) is 23.2 Å². The van der Waals surface area contributed by atoms with E-state index in [-0.39, 0.29) is 22.6 Å². The van der Waals surface area contributed by atoms with Gasteiger partial charge in [0.25, 0.3) is 5.91 Å². The van der Waals surface area contributed by atoms with E-state index in [1.165, 1.54) is 24.3 Å². The molecule has 1 atom stereocenters. The van der Waals surface area contributed by atoms with Crippen molar-refractivity contribution in [1.82, 2.24) is 10.6 Å². The first-order valence-electron chi connectivity index (χ1n) is 6.79. The lowest BCUT2D eigenvalue weighted by molar-refractivity contribution is -0.0328. The second-order valence-electron chi connectivity index (χ2n) is 4.99. The molecule has 0 bridgehead atoms. The quantitative estimate of drug-likeness (QED) is 0.839. The van der Waals surface area contributed by atoms with Crippen LogP contribution in [0.4, 0.5) is 13.2 Å². The van der Waals surface area contributed by atoms with Crippen molar-refractivity contribution < 1.29 is 18.0 Å². The highest BCUT2D eigenvalue weighted by Crippen LogP contribution is 2.36. The van der Waals surface area contributed by atoms with Crippen molar-refractivity contribution in [3.8, 4) is 0 Å². The van der Waals surface area contributed by atoms with Gasteiger partial charge in [-0.15, -0.1) is 0 Å². The van der Waals surface area contributed by atoms with Crippen molar-refractivity contribution in [3.63, 3.8) is 0 Å². The minimum atomic E-state index is -4.31. The summed E-state index contributed by atoms with van der Waals surface area (Å²) < 4.78 is 36.6. The number of piperidine rings is 1. The molecule has 1 amide bonds.